The summed E-state index contributed by atoms with van der Waals surface area (Å²) < 4.78 is 0. The predicted molar refractivity (Wildman–Crippen MR) is 71.2 cm³/mol. The highest BCUT2D eigenvalue weighted by Gasteiger charge is 2.11. The summed E-state index contributed by atoms with van der Waals surface area (Å²) >= 11 is 11.9. The Morgan fingerprint density at radius 2 is 1.72 bits per heavy atom. The highest BCUT2D eigenvalue weighted by Crippen LogP contribution is 2.30. The maximum Gasteiger partial charge on any atom is 0.258 e. The van der Waals surface area contributed by atoms with Crippen LogP contribution in [0, 0.1) is 6.92 Å². The molecule has 0 bridgehead atoms. The Bertz CT molecular complexity index is 564. The maximum absolute atomic E-state index is 11.9. The second-order valence-electron chi connectivity index (χ2n) is 3.57. The average molecular weight is 282 g/mol. The number of aromatic nitrogens is 2. The van der Waals surface area contributed by atoms with Gasteiger partial charge in [0, 0.05) is 12.4 Å². The molecule has 1 aromatic heterocycles. The van der Waals surface area contributed by atoms with Gasteiger partial charge in [-0.1, -0.05) is 29.3 Å². The molecule has 0 aliphatic heterocycles. The average Bonchev–Trinajstić information content (AvgIpc) is 2.34. The SMILES string of the molecule is Cc1ncc(C(=O)Nc2c(Cl)cccc2Cl)cn1. The molecule has 0 aliphatic rings. The second-order valence-corrected chi connectivity index (χ2v) is 4.38. The lowest BCUT2D eigenvalue weighted by Crippen LogP contribution is -2.13. The van der Waals surface area contributed by atoms with Gasteiger partial charge in [0.15, 0.2) is 0 Å². The molecular formula is C12H9Cl2N3O. The van der Waals surface area contributed by atoms with Gasteiger partial charge >= 0.3 is 0 Å². The molecule has 1 heterocycles. The Balaban J connectivity index is 2.24. The summed E-state index contributed by atoms with van der Waals surface area (Å²) in [5.74, 6) is 0.243. The summed E-state index contributed by atoms with van der Waals surface area (Å²) in [4.78, 5) is 19.8. The molecule has 18 heavy (non-hydrogen) atoms. The van der Waals surface area contributed by atoms with Crippen molar-refractivity contribution in [3.05, 3.63) is 52.0 Å². The molecule has 0 saturated carbocycles. The van der Waals surface area contributed by atoms with E-state index in [1.807, 2.05) is 0 Å². The number of para-hydroxylation sites is 1. The van der Waals surface area contributed by atoms with Crippen LogP contribution in [0.2, 0.25) is 10.0 Å². The van der Waals surface area contributed by atoms with E-state index < -0.39 is 0 Å². The Morgan fingerprint density at radius 3 is 2.28 bits per heavy atom. The van der Waals surface area contributed by atoms with Crippen molar-refractivity contribution < 1.29 is 4.79 Å². The van der Waals surface area contributed by atoms with Gasteiger partial charge in [-0.25, -0.2) is 9.97 Å². The number of carbonyl (C=O) groups excluding carboxylic acids is 1. The number of benzene rings is 1. The highest BCUT2D eigenvalue weighted by molar-refractivity contribution is 6.40. The lowest BCUT2D eigenvalue weighted by atomic mass is 10.2. The van der Waals surface area contributed by atoms with Crippen molar-refractivity contribution in [3.63, 3.8) is 0 Å². The molecule has 0 saturated heterocycles. The highest BCUT2D eigenvalue weighted by atomic mass is 35.5. The number of carbonyl (C=O) groups is 1. The van der Waals surface area contributed by atoms with E-state index in [9.17, 15) is 4.79 Å². The molecule has 2 rings (SSSR count). The van der Waals surface area contributed by atoms with Crippen LogP contribution in [0.5, 0.6) is 0 Å². The van der Waals surface area contributed by atoms with Crippen LogP contribution in [0.1, 0.15) is 16.2 Å². The van der Waals surface area contributed by atoms with Crippen LogP contribution in [-0.4, -0.2) is 15.9 Å². The molecule has 0 atom stereocenters. The number of anilines is 1. The number of halogens is 2. The summed E-state index contributed by atoms with van der Waals surface area (Å²) in [6.45, 7) is 1.74. The molecule has 0 radical (unpaired) electrons. The van der Waals surface area contributed by atoms with Crippen molar-refractivity contribution in [2.75, 3.05) is 5.32 Å². The fourth-order valence-electron chi connectivity index (χ4n) is 1.31. The first-order valence-electron chi connectivity index (χ1n) is 5.12. The Morgan fingerprint density at radius 1 is 1.17 bits per heavy atom. The smallest absolute Gasteiger partial charge is 0.258 e. The van der Waals surface area contributed by atoms with Gasteiger partial charge in [0.05, 0.1) is 21.3 Å². The molecular weight excluding hydrogens is 273 g/mol. The van der Waals surface area contributed by atoms with Crippen molar-refractivity contribution in [3.8, 4) is 0 Å². The summed E-state index contributed by atoms with van der Waals surface area (Å²) in [6.07, 6.45) is 2.89. The molecule has 92 valence electrons. The van der Waals surface area contributed by atoms with Gasteiger partial charge in [-0.15, -0.1) is 0 Å². The van der Waals surface area contributed by atoms with Gasteiger partial charge in [-0.2, -0.15) is 0 Å². The van der Waals surface area contributed by atoms with Crippen molar-refractivity contribution in [1.29, 1.82) is 0 Å². The maximum atomic E-state index is 11.9. The lowest BCUT2D eigenvalue weighted by Gasteiger charge is -2.08. The van der Waals surface area contributed by atoms with Crippen LogP contribution in [0.15, 0.2) is 30.6 Å². The van der Waals surface area contributed by atoms with Crippen LogP contribution < -0.4 is 5.32 Å². The quantitative estimate of drug-likeness (QED) is 0.919. The molecule has 1 N–H and O–H groups in total. The minimum Gasteiger partial charge on any atom is -0.319 e. The van der Waals surface area contributed by atoms with Crippen molar-refractivity contribution in [2.24, 2.45) is 0 Å². The van der Waals surface area contributed by atoms with Gasteiger partial charge in [0.25, 0.3) is 5.91 Å². The molecule has 2 aromatic rings. The van der Waals surface area contributed by atoms with E-state index in [1.165, 1.54) is 12.4 Å². The third-order valence-corrected chi connectivity index (χ3v) is 2.87. The first-order valence-corrected chi connectivity index (χ1v) is 5.87. The van der Waals surface area contributed by atoms with Crippen LogP contribution in [0.4, 0.5) is 5.69 Å². The summed E-state index contributed by atoms with van der Waals surface area (Å²) in [5, 5.41) is 3.39. The number of hydrogen-bond acceptors (Lipinski definition) is 3. The number of hydrogen-bond donors (Lipinski definition) is 1. The molecule has 0 aliphatic carbocycles. The van der Waals surface area contributed by atoms with Gasteiger partial charge in [-0.3, -0.25) is 4.79 Å². The normalized spacial score (nSPS) is 10.2. The van der Waals surface area contributed by atoms with Gasteiger partial charge in [0.1, 0.15) is 5.82 Å². The standard InChI is InChI=1S/C12H9Cl2N3O/c1-7-15-5-8(6-16-7)12(18)17-11-9(13)3-2-4-10(11)14/h2-6H,1H3,(H,17,18). The lowest BCUT2D eigenvalue weighted by molar-refractivity contribution is 0.102. The first kappa shape index (κ1) is 12.8. The summed E-state index contributed by atoms with van der Waals surface area (Å²) in [6, 6.07) is 5.00. The van der Waals surface area contributed by atoms with E-state index in [1.54, 1.807) is 25.1 Å². The van der Waals surface area contributed by atoms with E-state index in [0.717, 1.165) is 0 Å². The molecule has 0 spiro atoms. The fraction of sp³-hybridized carbons (Fsp3) is 0.0833. The van der Waals surface area contributed by atoms with Gasteiger partial charge in [-0.05, 0) is 19.1 Å². The van der Waals surface area contributed by atoms with E-state index in [4.69, 9.17) is 23.2 Å². The molecule has 0 unspecified atom stereocenters. The van der Waals surface area contributed by atoms with Crippen molar-refractivity contribution in [2.45, 2.75) is 6.92 Å². The zero-order valence-electron chi connectivity index (χ0n) is 9.45. The van der Waals surface area contributed by atoms with E-state index in [2.05, 4.69) is 15.3 Å². The minimum absolute atomic E-state index is 0.344. The number of aryl methyl sites for hydroxylation is 1. The van der Waals surface area contributed by atoms with Crippen molar-refractivity contribution >= 4 is 34.8 Å². The monoisotopic (exact) mass is 281 g/mol. The molecule has 6 heteroatoms. The third-order valence-electron chi connectivity index (χ3n) is 2.24. The number of nitrogens with zero attached hydrogens (tertiary/aromatic N) is 2. The first-order chi connectivity index (χ1) is 8.58. The Hall–Kier alpha value is -1.65. The van der Waals surface area contributed by atoms with Crippen LogP contribution >= 0.6 is 23.2 Å². The predicted octanol–water partition coefficient (Wildman–Crippen LogP) is 3.34. The zero-order valence-corrected chi connectivity index (χ0v) is 11.0. The largest absolute Gasteiger partial charge is 0.319 e. The van der Waals surface area contributed by atoms with Crippen LogP contribution in [0.25, 0.3) is 0 Å². The molecule has 4 nitrogen and oxygen atoms in total. The minimum atomic E-state index is -0.356. The molecule has 1 amide bonds. The van der Waals surface area contributed by atoms with E-state index in [-0.39, 0.29) is 5.91 Å². The Labute approximate surface area is 114 Å². The zero-order chi connectivity index (χ0) is 13.1. The fourth-order valence-corrected chi connectivity index (χ4v) is 1.80. The number of nitrogens with one attached hydrogen (secondary N) is 1. The van der Waals surface area contributed by atoms with Crippen LogP contribution in [0.3, 0.4) is 0 Å². The summed E-state index contributed by atoms with van der Waals surface area (Å²) in [7, 11) is 0. The Kier molecular flexibility index (Phi) is 3.79. The summed E-state index contributed by atoms with van der Waals surface area (Å²) in [5.41, 5.74) is 0.725. The topological polar surface area (TPSA) is 54.9 Å². The molecule has 0 fully saturated rings. The molecule has 1 aromatic carbocycles. The number of amides is 1. The van der Waals surface area contributed by atoms with Crippen LogP contribution in [-0.2, 0) is 0 Å². The second kappa shape index (κ2) is 5.33. The number of rotatable bonds is 2. The third kappa shape index (κ3) is 2.78. The van der Waals surface area contributed by atoms with E-state index in [0.29, 0.717) is 27.1 Å². The van der Waals surface area contributed by atoms with Crippen molar-refractivity contribution in [1.82, 2.24) is 9.97 Å². The van der Waals surface area contributed by atoms with E-state index >= 15 is 0 Å². The van der Waals surface area contributed by atoms with Gasteiger partial charge < -0.3 is 5.32 Å². The van der Waals surface area contributed by atoms with Gasteiger partial charge in [0.2, 0.25) is 0 Å².